The second kappa shape index (κ2) is 7.99. The van der Waals surface area contributed by atoms with Gasteiger partial charge in [0, 0.05) is 5.69 Å². The fraction of sp³-hybridized carbons (Fsp3) is 0.300. The molecule has 3 N–H and O–H groups in total. The number of nitrogens with one attached hydrogen (secondary N) is 1. The number of benzene rings is 2. The normalized spacial score (nSPS) is 13.6. The van der Waals surface area contributed by atoms with Crippen LogP contribution in [-0.2, 0) is 9.53 Å². The Labute approximate surface area is 157 Å². The van der Waals surface area contributed by atoms with Gasteiger partial charge in [0.15, 0.2) is 18.1 Å². The maximum atomic E-state index is 12.1. The summed E-state index contributed by atoms with van der Waals surface area (Å²) in [6.45, 7) is 4.27. The van der Waals surface area contributed by atoms with Crippen molar-refractivity contribution in [3.63, 3.8) is 0 Å². The largest absolute Gasteiger partial charge is 0.486 e. The number of rotatable bonds is 5. The number of nitrogens with two attached hydrogens (primary N) is 1. The monoisotopic (exact) mass is 370 g/mol. The molecule has 27 heavy (non-hydrogen) atoms. The standard InChI is InChI=1S/C20H22N2O5/c1-12-4-3-5-15(19(12)21)20(24)27-11-18(23)22-13(2)14-6-7-16-17(10-14)26-9-8-25-16/h3-7,10,13H,8-9,11,21H2,1-2H3,(H,22,23)/t13-/m1/s1. The van der Waals surface area contributed by atoms with E-state index in [2.05, 4.69) is 5.32 Å². The molecule has 0 spiro atoms. The Morgan fingerprint density at radius 2 is 1.93 bits per heavy atom. The molecule has 1 aliphatic rings. The van der Waals surface area contributed by atoms with Crippen molar-refractivity contribution in [3.05, 3.63) is 53.1 Å². The first kappa shape index (κ1) is 18.6. The average Bonchev–Trinajstić information content (AvgIpc) is 2.67. The highest BCUT2D eigenvalue weighted by Gasteiger charge is 2.18. The van der Waals surface area contributed by atoms with E-state index in [9.17, 15) is 9.59 Å². The van der Waals surface area contributed by atoms with Crippen molar-refractivity contribution in [1.82, 2.24) is 5.32 Å². The molecule has 2 aromatic carbocycles. The minimum Gasteiger partial charge on any atom is -0.486 e. The first-order valence-corrected chi connectivity index (χ1v) is 8.67. The molecule has 1 amide bonds. The van der Waals surface area contributed by atoms with Crippen molar-refractivity contribution in [1.29, 1.82) is 0 Å². The number of hydrogen-bond acceptors (Lipinski definition) is 6. The molecule has 7 heteroatoms. The minimum atomic E-state index is -0.627. The molecular formula is C20H22N2O5. The maximum Gasteiger partial charge on any atom is 0.340 e. The molecular weight excluding hydrogens is 348 g/mol. The molecule has 7 nitrogen and oxygen atoms in total. The smallest absolute Gasteiger partial charge is 0.340 e. The lowest BCUT2D eigenvalue weighted by Crippen LogP contribution is -2.31. The fourth-order valence-corrected chi connectivity index (χ4v) is 2.76. The molecule has 1 aliphatic heterocycles. The maximum absolute atomic E-state index is 12.1. The van der Waals surface area contributed by atoms with Crippen molar-refractivity contribution in [3.8, 4) is 11.5 Å². The van der Waals surface area contributed by atoms with Gasteiger partial charge in [-0.25, -0.2) is 4.79 Å². The SMILES string of the molecule is Cc1cccc(C(=O)OCC(=O)N[C@H](C)c2ccc3c(c2)OCCO3)c1N. The summed E-state index contributed by atoms with van der Waals surface area (Å²) in [5.74, 6) is 0.310. The highest BCUT2D eigenvalue weighted by Crippen LogP contribution is 2.32. The van der Waals surface area contributed by atoms with Crippen molar-refractivity contribution >= 4 is 17.6 Å². The van der Waals surface area contributed by atoms with Gasteiger partial charge in [-0.2, -0.15) is 0 Å². The van der Waals surface area contributed by atoms with Gasteiger partial charge in [-0.1, -0.05) is 18.2 Å². The van der Waals surface area contributed by atoms with Gasteiger partial charge < -0.3 is 25.3 Å². The van der Waals surface area contributed by atoms with E-state index in [1.54, 1.807) is 25.1 Å². The quantitative estimate of drug-likeness (QED) is 0.619. The van der Waals surface area contributed by atoms with Crippen LogP contribution in [0, 0.1) is 6.92 Å². The molecule has 0 radical (unpaired) electrons. The second-order valence-electron chi connectivity index (χ2n) is 6.30. The Morgan fingerprint density at radius 1 is 1.19 bits per heavy atom. The van der Waals surface area contributed by atoms with Crippen LogP contribution in [0.5, 0.6) is 11.5 Å². The molecule has 0 aliphatic carbocycles. The summed E-state index contributed by atoms with van der Waals surface area (Å²) in [5.41, 5.74) is 8.13. The van der Waals surface area contributed by atoms with Gasteiger partial charge in [-0.05, 0) is 43.2 Å². The molecule has 0 unspecified atom stereocenters. The summed E-state index contributed by atoms with van der Waals surface area (Å²) < 4.78 is 16.1. The van der Waals surface area contributed by atoms with Crippen LogP contribution >= 0.6 is 0 Å². The van der Waals surface area contributed by atoms with E-state index in [4.69, 9.17) is 19.9 Å². The van der Waals surface area contributed by atoms with Crippen LogP contribution in [0.2, 0.25) is 0 Å². The molecule has 1 atom stereocenters. The van der Waals surface area contributed by atoms with E-state index in [1.807, 2.05) is 25.1 Å². The van der Waals surface area contributed by atoms with Gasteiger partial charge in [0.25, 0.3) is 5.91 Å². The van der Waals surface area contributed by atoms with Gasteiger partial charge in [0.05, 0.1) is 11.6 Å². The molecule has 2 aromatic rings. The van der Waals surface area contributed by atoms with Gasteiger partial charge in [-0.15, -0.1) is 0 Å². The summed E-state index contributed by atoms with van der Waals surface area (Å²) in [6, 6.07) is 10.3. The van der Waals surface area contributed by atoms with E-state index in [0.29, 0.717) is 30.4 Å². The number of ether oxygens (including phenoxy) is 3. The van der Waals surface area contributed by atoms with Crippen molar-refractivity contribution in [2.24, 2.45) is 0 Å². The third kappa shape index (κ3) is 4.31. The predicted octanol–water partition coefficient (Wildman–Crippen LogP) is 2.38. The third-order valence-electron chi connectivity index (χ3n) is 4.32. The summed E-state index contributed by atoms with van der Waals surface area (Å²) >= 11 is 0. The van der Waals surface area contributed by atoms with E-state index in [0.717, 1.165) is 11.1 Å². The first-order chi connectivity index (χ1) is 13.0. The Balaban J connectivity index is 1.56. The number of para-hydroxylation sites is 1. The average molecular weight is 370 g/mol. The van der Waals surface area contributed by atoms with E-state index in [1.165, 1.54) is 0 Å². The lowest BCUT2D eigenvalue weighted by molar-refractivity contribution is -0.124. The number of carbonyl (C=O) groups excluding carboxylic acids is 2. The van der Waals surface area contributed by atoms with Gasteiger partial charge >= 0.3 is 5.97 Å². The van der Waals surface area contributed by atoms with Gasteiger partial charge in [0.2, 0.25) is 0 Å². The zero-order chi connectivity index (χ0) is 19.4. The summed E-state index contributed by atoms with van der Waals surface area (Å²) in [6.07, 6.45) is 0. The van der Waals surface area contributed by atoms with E-state index in [-0.39, 0.29) is 18.2 Å². The molecule has 1 heterocycles. The highest BCUT2D eigenvalue weighted by molar-refractivity contribution is 5.96. The van der Waals surface area contributed by atoms with Crippen LogP contribution in [-0.4, -0.2) is 31.7 Å². The summed E-state index contributed by atoms with van der Waals surface area (Å²) in [7, 11) is 0. The van der Waals surface area contributed by atoms with Crippen LogP contribution in [0.15, 0.2) is 36.4 Å². The predicted molar refractivity (Wildman–Crippen MR) is 99.9 cm³/mol. The Morgan fingerprint density at radius 3 is 2.70 bits per heavy atom. The molecule has 0 bridgehead atoms. The molecule has 0 fully saturated rings. The summed E-state index contributed by atoms with van der Waals surface area (Å²) in [5, 5.41) is 2.79. The molecule has 3 rings (SSSR count). The van der Waals surface area contributed by atoms with Crippen LogP contribution < -0.4 is 20.5 Å². The Bertz CT molecular complexity index is 865. The van der Waals surface area contributed by atoms with Crippen molar-refractivity contribution in [2.45, 2.75) is 19.9 Å². The van der Waals surface area contributed by atoms with Gasteiger partial charge in [-0.3, -0.25) is 4.79 Å². The number of anilines is 1. The number of fused-ring (bicyclic) bond motifs is 1. The lowest BCUT2D eigenvalue weighted by atomic mass is 10.1. The first-order valence-electron chi connectivity index (χ1n) is 8.67. The van der Waals surface area contributed by atoms with Crippen molar-refractivity contribution < 1.29 is 23.8 Å². The number of aryl methyl sites for hydroxylation is 1. The molecule has 0 saturated heterocycles. The number of hydrogen-bond donors (Lipinski definition) is 2. The topological polar surface area (TPSA) is 99.9 Å². The highest BCUT2D eigenvalue weighted by atomic mass is 16.6. The Kier molecular flexibility index (Phi) is 5.49. The molecule has 142 valence electrons. The number of nitrogen functional groups attached to an aromatic ring is 1. The molecule has 0 saturated carbocycles. The van der Waals surface area contributed by atoms with Crippen LogP contribution in [0.1, 0.15) is 34.5 Å². The zero-order valence-electron chi connectivity index (χ0n) is 15.3. The van der Waals surface area contributed by atoms with E-state index >= 15 is 0 Å². The fourth-order valence-electron chi connectivity index (χ4n) is 2.76. The van der Waals surface area contributed by atoms with Crippen LogP contribution in [0.3, 0.4) is 0 Å². The number of esters is 1. The number of carbonyl (C=O) groups is 2. The third-order valence-corrected chi connectivity index (χ3v) is 4.32. The number of amides is 1. The minimum absolute atomic E-state index is 0.252. The second-order valence-corrected chi connectivity index (χ2v) is 6.30. The van der Waals surface area contributed by atoms with Crippen LogP contribution in [0.25, 0.3) is 0 Å². The molecule has 0 aromatic heterocycles. The Hall–Kier alpha value is -3.22. The summed E-state index contributed by atoms with van der Waals surface area (Å²) in [4.78, 5) is 24.3. The van der Waals surface area contributed by atoms with Crippen LogP contribution in [0.4, 0.5) is 5.69 Å². The lowest BCUT2D eigenvalue weighted by Gasteiger charge is -2.21. The zero-order valence-corrected chi connectivity index (χ0v) is 15.3. The van der Waals surface area contributed by atoms with Gasteiger partial charge in [0.1, 0.15) is 13.2 Å². The van der Waals surface area contributed by atoms with E-state index < -0.39 is 11.9 Å². The van der Waals surface area contributed by atoms with Crippen molar-refractivity contribution in [2.75, 3.05) is 25.6 Å².